The molecule has 1 aliphatic carbocycles. The maximum Gasteiger partial charge on any atom is 0.250 e. The van der Waals surface area contributed by atoms with E-state index in [1.54, 1.807) is 17.5 Å². The number of hydrogen-bond acceptors (Lipinski definition) is 4. The van der Waals surface area contributed by atoms with Crippen molar-refractivity contribution in [2.75, 3.05) is 19.6 Å². The van der Waals surface area contributed by atoms with Crippen LogP contribution in [-0.2, 0) is 14.8 Å². The van der Waals surface area contributed by atoms with Gasteiger partial charge in [-0.2, -0.15) is 0 Å². The number of likely N-dealkylation sites (tertiary alicyclic amines) is 1. The Morgan fingerprint density at radius 3 is 2.96 bits per heavy atom. The minimum atomic E-state index is -3.42. The Hall–Kier alpha value is -1.18. The molecule has 0 radical (unpaired) electrons. The zero-order chi connectivity index (χ0) is 16.3. The molecule has 7 heteroatoms. The minimum Gasteiger partial charge on any atom is -0.339 e. The Kier molecular flexibility index (Phi) is 5.18. The van der Waals surface area contributed by atoms with Gasteiger partial charge in [0.2, 0.25) is 15.9 Å². The maximum atomic E-state index is 12.5. The van der Waals surface area contributed by atoms with Crippen LogP contribution in [0.2, 0.25) is 0 Å². The molecule has 0 spiro atoms. The van der Waals surface area contributed by atoms with Crippen LogP contribution in [0.4, 0.5) is 0 Å². The first-order chi connectivity index (χ1) is 11.1. The molecule has 1 fully saturated rings. The van der Waals surface area contributed by atoms with Gasteiger partial charge in [-0.1, -0.05) is 12.1 Å². The number of allylic oxidation sites excluding steroid dienone is 1. The number of amides is 1. The van der Waals surface area contributed by atoms with Crippen molar-refractivity contribution >= 4 is 27.3 Å². The molecule has 23 heavy (non-hydrogen) atoms. The number of carbonyl (C=O) groups is 1. The number of nitrogens with one attached hydrogen (secondary N) is 1. The molecule has 0 aromatic carbocycles. The highest BCUT2D eigenvalue weighted by molar-refractivity contribution is 7.91. The van der Waals surface area contributed by atoms with E-state index in [9.17, 15) is 13.2 Å². The molecule has 1 N–H and O–H groups in total. The summed E-state index contributed by atoms with van der Waals surface area (Å²) in [6.07, 6.45) is 6.88. The average molecular weight is 354 g/mol. The summed E-state index contributed by atoms with van der Waals surface area (Å²) in [4.78, 5) is 14.3. The SMILES string of the molecule is O=C(C1=CCCC1)N1CCC[C@@H](CNS(=O)(=O)c2cccs2)C1. The van der Waals surface area contributed by atoms with Crippen molar-refractivity contribution in [3.05, 3.63) is 29.2 Å². The number of piperidine rings is 1. The van der Waals surface area contributed by atoms with Gasteiger partial charge in [-0.25, -0.2) is 13.1 Å². The lowest BCUT2D eigenvalue weighted by Gasteiger charge is -2.33. The van der Waals surface area contributed by atoms with Gasteiger partial charge in [0, 0.05) is 25.2 Å². The zero-order valence-electron chi connectivity index (χ0n) is 13.0. The molecule has 1 amide bonds. The third-order valence-corrected chi connectivity index (χ3v) is 7.26. The predicted octanol–water partition coefficient (Wildman–Crippen LogP) is 2.38. The van der Waals surface area contributed by atoms with Gasteiger partial charge < -0.3 is 4.90 Å². The summed E-state index contributed by atoms with van der Waals surface area (Å²) in [6.45, 7) is 1.82. The van der Waals surface area contributed by atoms with Crippen LogP contribution in [-0.4, -0.2) is 38.9 Å². The molecule has 0 bridgehead atoms. The van der Waals surface area contributed by atoms with Crippen LogP contribution in [0.25, 0.3) is 0 Å². The lowest BCUT2D eigenvalue weighted by atomic mass is 9.97. The third kappa shape index (κ3) is 4.02. The van der Waals surface area contributed by atoms with E-state index in [-0.39, 0.29) is 11.8 Å². The monoisotopic (exact) mass is 354 g/mol. The normalized spacial score (nSPS) is 22.2. The van der Waals surface area contributed by atoms with Crippen LogP contribution in [0, 0.1) is 5.92 Å². The van der Waals surface area contributed by atoms with E-state index in [1.165, 1.54) is 11.3 Å². The third-order valence-electron chi connectivity index (χ3n) is 4.44. The van der Waals surface area contributed by atoms with Crippen molar-refractivity contribution in [1.29, 1.82) is 0 Å². The molecule has 126 valence electrons. The highest BCUT2D eigenvalue weighted by Crippen LogP contribution is 2.24. The minimum absolute atomic E-state index is 0.147. The quantitative estimate of drug-likeness (QED) is 0.883. The number of carbonyl (C=O) groups excluding carboxylic acids is 1. The summed E-state index contributed by atoms with van der Waals surface area (Å²) in [7, 11) is -3.42. The van der Waals surface area contributed by atoms with Crippen molar-refractivity contribution in [2.24, 2.45) is 5.92 Å². The van der Waals surface area contributed by atoms with Crippen LogP contribution in [0.3, 0.4) is 0 Å². The molecule has 5 nitrogen and oxygen atoms in total. The molecule has 1 aliphatic heterocycles. The van der Waals surface area contributed by atoms with Crippen molar-refractivity contribution in [3.8, 4) is 0 Å². The van der Waals surface area contributed by atoms with Crippen molar-refractivity contribution in [2.45, 2.75) is 36.3 Å². The Morgan fingerprint density at radius 2 is 2.26 bits per heavy atom. The summed E-state index contributed by atoms with van der Waals surface area (Å²) in [5.41, 5.74) is 0.935. The first-order valence-electron chi connectivity index (χ1n) is 8.08. The zero-order valence-corrected chi connectivity index (χ0v) is 14.7. The summed E-state index contributed by atoms with van der Waals surface area (Å²) >= 11 is 1.22. The maximum absolute atomic E-state index is 12.5. The van der Waals surface area contributed by atoms with E-state index in [2.05, 4.69) is 4.72 Å². The molecule has 0 saturated carbocycles. The summed E-state index contributed by atoms with van der Waals surface area (Å²) < 4.78 is 27.4. The molecular formula is C16H22N2O3S2. The highest BCUT2D eigenvalue weighted by Gasteiger charge is 2.27. The number of sulfonamides is 1. The van der Waals surface area contributed by atoms with E-state index in [4.69, 9.17) is 0 Å². The molecule has 3 rings (SSSR count). The second-order valence-electron chi connectivity index (χ2n) is 6.16. The molecule has 2 heterocycles. The fourth-order valence-electron chi connectivity index (χ4n) is 3.20. The van der Waals surface area contributed by atoms with Crippen molar-refractivity contribution in [3.63, 3.8) is 0 Å². The van der Waals surface area contributed by atoms with Crippen LogP contribution >= 0.6 is 11.3 Å². The second kappa shape index (κ2) is 7.15. The Labute approximate surface area is 141 Å². The van der Waals surface area contributed by atoms with E-state index in [0.29, 0.717) is 17.3 Å². The van der Waals surface area contributed by atoms with Gasteiger partial charge in [0.05, 0.1) is 0 Å². The van der Waals surface area contributed by atoms with Gasteiger partial charge in [0.15, 0.2) is 0 Å². The van der Waals surface area contributed by atoms with E-state index in [1.807, 2.05) is 11.0 Å². The average Bonchev–Trinajstić information content (AvgIpc) is 3.25. The number of rotatable bonds is 5. The van der Waals surface area contributed by atoms with Crippen LogP contribution in [0.15, 0.2) is 33.4 Å². The topological polar surface area (TPSA) is 66.5 Å². The van der Waals surface area contributed by atoms with Crippen LogP contribution < -0.4 is 4.72 Å². The summed E-state index contributed by atoms with van der Waals surface area (Å²) in [6, 6.07) is 3.34. The van der Waals surface area contributed by atoms with Gasteiger partial charge >= 0.3 is 0 Å². The molecular weight excluding hydrogens is 332 g/mol. The van der Waals surface area contributed by atoms with Crippen molar-refractivity contribution in [1.82, 2.24) is 9.62 Å². The highest BCUT2D eigenvalue weighted by atomic mass is 32.2. The Balaban J connectivity index is 1.56. The number of thiophene rings is 1. The lowest BCUT2D eigenvalue weighted by molar-refractivity contribution is -0.128. The van der Waals surface area contributed by atoms with Gasteiger partial charge in [-0.05, 0) is 49.5 Å². The predicted molar refractivity (Wildman–Crippen MR) is 90.7 cm³/mol. The Bertz CT molecular complexity index is 680. The smallest absolute Gasteiger partial charge is 0.250 e. The first-order valence-corrected chi connectivity index (χ1v) is 10.4. The number of nitrogens with zero attached hydrogens (tertiary/aromatic N) is 1. The molecule has 1 atom stereocenters. The van der Waals surface area contributed by atoms with Crippen LogP contribution in [0.1, 0.15) is 32.1 Å². The van der Waals surface area contributed by atoms with Crippen LogP contribution in [0.5, 0.6) is 0 Å². The molecule has 1 aromatic heterocycles. The fourth-order valence-corrected chi connectivity index (χ4v) is 5.35. The van der Waals surface area contributed by atoms with Gasteiger partial charge in [0.25, 0.3) is 0 Å². The van der Waals surface area contributed by atoms with Gasteiger partial charge in [0.1, 0.15) is 4.21 Å². The first kappa shape index (κ1) is 16.7. The summed E-state index contributed by atoms with van der Waals surface area (Å²) in [5.74, 6) is 0.331. The largest absolute Gasteiger partial charge is 0.339 e. The summed E-state index contributed by atoms with van der Waals surface area (Å²) in [5, 5.41) is 1.75. The Morgan fingerprint density at radius 1 is 1.39 bits per heavy atom. The fraction of sp³-hybridized carbons (Fsp3) is 0.562. The molecule has 2 aliphatic rings. The van der Waals surface area contributed by atoms with Gasteiger partial charge in [-0.15, -0.1) is 11.3 Å². The number of hydrogen-bond donors (Lipinski definition) is 1. The second-order valence-corrected chi connectivity index (χ2v) is 9.11. The van der Waals surface area contributed by atoms with E-state index >= 15 is 0 Å². The standard InChI is InChI=1S/C16H22N2O3S2/c19-16(14-6-1-2-7-14)18-9-3-5-13(12-18)11-17-23(20,21)15-8-4-10-22-15/h4,6,8,10,13,17H,1-3,5,7,9,11-12H2/t13-/m0/s1. The molecule has 1 aromatic rings. The van der Waals surface area contributed by atoms with E-state index in [0.717, 1.165) is 44.2 Å². The van der Waals surface area contributed by atoms with E-state index < -0.39 is 10.0 Å². The van der Waals surface area contributed by atoms with Crippen molar-refractivity contribution < 1.29 is 13.2 Å². The molecule has 0 unspecified atom stereocenters. The van der Waals surface area contributed by atoms with Gasteiger partial charge in [-0.3, -0.25) is 4.79 Å². The molecule has 1 saturated heterocycles. The lowest BCUT2D eigenvalue weighted by Crippen LogP contribution is -2.44.